The van der Waals surface area contributed by atoms with Crippen LogP contribution in [0.5, 0.6) is 0 Å². The summed E-state index contributed by atoms with van der Waals surface area (Å²) in [6.07, 6.45) is 6.18. The molecule has 0 bridgehead atoms. The molecule has 1 aliphatic heterocycles. The molecule has 0 amide bonds. The Hall–Kier alpha value is -6.76. The van der Waals surface area contributed by atoms with Crippen molar-refractivity contribution < 1.29 is 25.8 Å². The van der Waals surface area contributed by atoms with Gasteiger partial charge in [-0.25, -0.2) is 9.97 Å². The number of hydrogen-bond acceptors (Lipinski definition) is 6. The third-order valence-electron chi connectivity index (χ3n) is 13.7. The molecule has 9 heteroatoms. The number of fused-ring (bicyclic) bond motifs is 11. The fourth-order valence-corrected chi connectivity index (χ4v) is 10.2. The Morgan fingerprint density at radius 1 is 0.677 bits per heavy atom. The molecule has 320 valence electrons. The van der Waals surface area contributed by atoms with Crippen molar-refractivity contribution in [1.29, 1.82) is 0 Å². The first-order chi connectivity index (χ1) is 30.9. The summed E-state index contributed by atoms with van der Waals surface area (Å²) in [6, 6.07) is 48.3. The van der Waals surface area contributed by atoms with Crippen LogP contribution in [-0.2, 0) is 48.8 Å². The Labute approximate surface area is 392 Å². The molecule has 0 radical (unpaired) electrons. The van der Waals surface area contributed by atoms with Crippen LogP contribution in [0.25, 0.3) is 66.5 Å². The Morgan fingerprint density at radius 3 is 2.18 bits per heavy atom. The molecule has 12 rings (SSSR count). The van der Waals surface area contributed by atoms with Gasteiger partial charge in [0.05, 0.1) is 28.1 Å². The Kier molecular flexibility index (Phi) is 9.22. The van der Waals surface area contributed by atoms with Crippen molar-refractivity contribution in [2.24, 2.45) is 4.99 Å². The van der Waals surface area contributed by atoms with Gasteiger partial charge in [0.2, 0.25) is 0 Å². The van der Waals surface area contributed by atoms with Crippen molar-refractivity contribution >= 4 is 49.8 Å². The molecule has 2 atom stereocenters. The second-order valence-corrected chi connectivity index (χ2v) is 18.8. The predicted octanol–water partition coefficient (Wildman–Crippen LogP) is 12.2. The summed E-state index contributed by atoms with van der Waals surface area (Å²) < 4.78 is 11.8. The van der Waals surface area contributed by atoms with Crippen LogP contribution in [0.3, 0.4) is 0 Å². The van der Waals surface area contributed by atoms with E-state index in [4.69, 9.17) is 29.7 Å². The zero-order chi connectivity index (χ0) is 43.7. The number of aryl methyl sites for hydroxylation is 2. The van der Waals surface area contributed by atoms with Gasteiger partial charge in [-0.15, -0.1) is 40.8 Å². The topological polar surface area (TPSA) is 83.0 Å². The van der Waals surface area contributed by atoms with E-state index in [-0.39, 0.29) is 26.5 Å². The van der Waals surface area contributed by atoms with Crippen molar-refractivity contribution in [3.8, 4) is 22.6 Å². The van der Waals surface area contributed by atoms with Crippen LogP contribution in [-0.4, -0.2) is 35.0 Å². The first kappa shape index (κ1) is 41.0. The number of rotatable bonds is 4. The SMILES string of the molecule is Cc1ccc2c(c1)c1cc(C)c(-n3c4ccc(-c5ccccc5)nc4c4cccnc43)[c-]c1n2-c1[c-]c(C2=N[C@]3(C)c4cccnc4Cc4ncccc4[C@]3(C)O2)cc(C(C)(C)C)c1.[Pt+2]. The molecule has 1 aliphatic carbocycles. The van der Waals surface area contributed by atoms with Crippen LogP contribution < -0.4 is 0 Å². The maximum absolute atomic E-state index is 7.26. The number of ether oxygens (including phenoxy) is 1. The molecular weight excluding hydrogens is 982 g/mol. The Morgan fingerprint density at radius 2 is 1.40 bits per heavy atom. The van der Waals surface area contributed by atoms with Gasteiger partial charge in [-0.05, 0) is 79.7 Å². The van der Waals surface area contributed by atoms with E-state index in [1.54, 1.807) is 0 Å². The minimum absolute atomic E-state index is 0. The second-order valence-electron chi connectivity index (χ2n) is 18.8. The zero-order valence-electron chi connectivity index (χ0n) is 37.3. The summed E-state index contributed by atoms with van der Waals surface area (Å²) in [5.41, 5.74) is 14.8. The van der Waals surface area contributed by atoms with Crippen LogP contribution >= 0.6 is 0 Å². The molecule has 0 fully saturated rings. The quantitative estimate of drug-likeness (QED) is 0.164. The maximum atomic E-state index is 7.26. The molecule has 65 heavy (non-hydrogen) atoms. The van der Waals surface area contributed by atoms with Crippen LogP contribution in [0.4, 0.5) is 0 Å². The molecule has 0 N–H and O–H groups in total. The van der Waals surface area contributed by atoms with Crippen molar-refractivity contribution in [1.82, 2.24) is 29.1 Å². The van der Waals surface area contributed by atoms with E-state index in [1.807, 2.05) is 55.0 Å². The zero-order valence-corrected chi connectivity index (χ0v) is 39.5. The summed E-state index contributed by atoms with van der Waals surface area (Å²) in [5.74, 6) is 0.541. The van der Waals surface area contributed by atoms with E-state index in [0.717, 1.165) is 106 Å². The first-order valence-electron chi connectivity index (χ1n) is 22.0. The molecule has 0 spiro atoms. The van der Waals surface area contributed by atoms with Gasteiger partial charge in [0.1, 0.15) is 17.1 Å². The van der Waals surface area contributed by atoms with Gasteiger partial charge in [0, 0.05) is 52.6 Å². The van der Waals surface area contributed by atoms with E-state index in [0.29, 0.717) is 12.3 Å². The predicted molar refractivity (Wildman–Crippen MR) is 256 cm³/mol. The van der Waals surface area contributed by atoms with Gasteiger partial charge < -0.3 is 13.9 Å². The molecule has 8 nitrogen and oxygen atoms in total. The molecular formula is C56H45N7OPt. The van der Waals surface area contributed by atoms with Crippen molar-refractivity contribution in [3.05, 3.63) is 191 Å². The summed E-state index contributed by atoms with van der Waals surface area (Å²) in [4.78, 5) is 25.5. The Balaban J connectivity index is 0.00000469. The number of hydrogen-bond donors (Lipinski definition) is 0. The van der Waals surface area contributed by atoms with Crippen molar-refractivity contribution in [3.63, 3.8) is 0 Å². The average molecular weight is 1030 g/mol. The minimum Gasteiger partial charge on any atom is -0.507 e. The Bertz CT molecular complexity index is 3620. The number of nitrogens with zero attached hydrogens (tertiary/aromatic N) is 7. The molecule has 4 aromatic carbocycles. The third-order valence-corrected chi connectivity index (χ3v) is 13.7. The van der Waals surface area contributed by atoms with Crippen LogP contribution in [0, 0.1) is 26.0 Å². The number of pyridine rings is 4. The molecule has 2 aliphatic rings. The van der Waals surface area contributed by atoms with Gasteiger partial charge >= 0.3 is 21.1 Å². The summed E-state index contributed by atoms with van der Waals surface area (Å²) in [6.45, 7) is 15.4. The van der Waals surface area contributed by atoms with E-state index < -0.39 is 11.1 Å². The summed E-state index contributed by atoms with van der Waals surface area (Å²) in [5, 5.41) is 3.25. The molecule has 7 heterocycles. The van der Waals surface area contributed by atoms with Crippen LogP contribution in [0.2, 0.25) is 0 Å². The van der Waals surface area contributed by atoms with Crippen LogP contribution in [0.1, 0.15) is 79.4 Å². The largest absolute Gasteiger partial charge is 2.00 e. The fraction of sp³-hybridized carbons (Fsp3) is 0.196. The first-order valence-corrected chi connectivity index (χ1v) is 22.0. The van der Waals surface area contributed by atoms with E-state index >= 15 is 0 Å². The van der Waals surface area contributed by atoms with Gasteiger partial charge in [-0.2, -0.15) is 6.07 Å². The van der Waals surface area contributed by atoms with Crippen molar-refractivity contribution in [2.45, 2.75) is 71.4 Å². The van der Waals surface area contributed by atoms with Gasteiger partial charge in [-0.3, -0.25) is 15.0 Å². The summed E-state index contributed by atoms with van der Waals surface area (Å²) in [7, 11) is 0. The van der Waals surface area contributed by atoms with Crippen molar-refractivity contribution in [2.75, 3.05) is 0 Å². The molecule has 0 saturated heterocycles. The van der Waals surface area contributed by atoms with Crippen LogP contribution in [0.15, 0.2) is 139 Å². The fourth-order valence-electron chi connectivity index (χ4n) is 10.2. The second kappa shape index (κ2) is 14.6. The standard InChI is InChI=1S/C56H45N7O.Pt/c1-33-19-21-47-40(26-33)41-27-34(2)49(63-48-22-20-44(35-14-9-8-10-15-35)60-51(48)39-16-11-25-59-52(39)63)32-50(41)62(47)38-29-36(28-37(30-38)54(3,4)5)53-61-55(6)42-17-12-23-57-45(42)31-46-43(18-13-24-58-46)56(55,7)64-53;/h8-28,30H,31H2,1-7H3;/q-2;+2/t55-,56+;/m1./s1. The number of aliphatic imine (C=N–C) groups is 1. The van der Waals surface area contributed by atoms with Gasteiger partial charge in [0.25, 0.3) is 0 Å². The van der Waals surface area contributed by atoms with E-state index in [1.165, 1.54) is 5.56 Å². The monoisotopic (exact) mass is 1030 g/mol. The van der Waals surface area contributed by atoms with E-state index in [2.05, 4.69) is 149 Å². The molecule has 10 aromatic rings. The van der Waals surface area contributed by atoms with Gasteiger partial charge in [0.15, 0.2) is 5.60 Å². The third kappa shape index (κ3) is 6.10. The normalized spacial score (nSPS) is 17.9. The minimum atomic E-state index is -0.858. The number of aromatic nitrogens is 6. The van der Waals surface area contributed by atoms with E-state index in [9.17, 15) is 0 Å². The van der Waals surface area contributed by atoms with Gasteiger partial charge in [-0.1, -0.05) is 105 Å². The summed E-state index contributed by atoms with van der Waals surface area (Å²) >= 11 is 0. The number of benzene rings is 4. The average Bonchev–Trinajstić information content (AvgIpc) is 3.88. The maximum Gasteiger partial charge on any atom is 2.00 e. The molecule has 6 aromatic heterocycles. The smallest absolute Gasteiger partial charge is 0.507 e. The molecule has 0 unspecified atom stereocenters. The molecule has 0 saturated carbocycles.